The number of likely N-dealkylation sites (tertiary alicyclic amines) is 1. The fraction of sp³-hybridized carbons (Fsp3) is 1.00. The summed E-state index contributed by atoms with van der Waals surface area (Å²) in [5, 5.41) is 0. The van der Waals surface area contributed by atoms with Crippen LogP contribution in [0, 0.1) is 5.92 Å². The molecule has 1 saturated heterocycles. The maximum Gasteiger partial charge on any atom is 0.208 e. The van der Waals surface area contributed by atoms with E-state index in [1.165, 1.54) is 6.26 Å². The van der Waals surface area contributed by atoms with Crippen molar-refractivity contribution in [1.29, 1.82) is 0 Å². The Morgan fingerprint density at radius 1 is 1.54 bits per heavy atom. The second kappa shape index (κ2) is 4.39. The van der Waals surface area contributed by atoms with Crippen LogP contribution in [-0.4, -0.2) is 45.8 Å². The number of hydrogen-bond acceptors (Lipinski definition) is 3. The Morgan fingerprint density at radius 3 is 2.69 bits per heavy atom. The lowest BCUT2D eigenvalue weighted by molar-refractivity contribution is 0.342. The number of hydrogen-bond donors (Lipinski definition) is 1. The van der Waals surface area contributed by atoms with E-state index in [9.17, 15) is 8.42 Å². The third-order valence-electron chi connectivity index (χ3n) is 2.45. The average molecular weight is 206 g/mol. The summed E-state index contributed by atoms with van der Waals surface area (Å²) in [5.41, 5.74) is 0. The molecule has 0 saturated carbocycles. The quantitative estimate of drug-likeness (QED) is 0.697. The SMILES string of the molecule is CCN1CCC(CNS(C)(=O)=O)C1. The van der Waals surface area contributed by atoms with Gasteiger partial charge in [-0.05, 0) is 25.4 Å². The molecule has 1 rings (SSSR count). The minimum Gasteiger partial charge on any atom is -0.303 e. The molecule has 1 aliphatic rings. The van der Waals surface area contributed by atoms with Gasteiger partial charge in [-0.15, -0.1) is 0 Å². The van der Waals surface area contributed by atoms with E-state index in [1.807, 2.05) is 0 Å². The Labute approximate surface area is 80.4 Å². The van der Waals surface area contributed by atoms with Gasteiger partial charge in [0.25, 0.3) is 0 Å². The van der Waals surface area contributed by atoms with E-state index in [1.54, 1.807) is 0 Å². The van der Waals surface area contributed by atoms with Crippen LogP contribution in [0.4, 0.5) is 0 Å². The maximum absolute atomic E-state index is 10.8. The molecule has 13 heavy (non-hydrogen) atoms. The van der Waals surface area contributed by atoms with Gasteiger partial charge in [0.05, 0.1) is 6.26 Å². The Kier molecular flexibility index (Phi) is 3.70. The first-order valence-corrected chi connectivity index (χ1v) is 6.57. The van der Waals surface area contributed by atoms with Crippen molar-refractivity contribution in [3.8, 4) is 0 Å². The zero-order chi connectivity index (χ0) is 9.90. The summed E-state index contributed by atoms with van der Waals surface area (Å²) in [6, 6.07) is 0. The predicted octanol–water partition coefficient (Wildman–Crippen LogP) is -0.123. The van der Waals surface area contributed by atoms with E-state index in [4.69, 9.17) is 0 Å². The lowest BCUT2D eigenvalue weighted by atomic mass is 10.1. The summed E-state index contributed by atoms with van der Waals surface area (Å²) in [4.78, 5) is 2.34. The van der Waals surface area contributed by atoms with Crippen LogP contribution >= 0.6 is 0 Å². The Bertz CT molecular complexity index is 251. The van der Waals surface area contributed by atoms with Crippen LogP contribution in [0.5, 0.6) is 0 Å². The Morgan fingerprint density at radius 2 is 2.23 bits per heavy atom. The van der Waals surface area contributed by atoms with Crippen molar-refractivity contribution >= 4 is 10.0 Å². The van der Waals surface area contributed by atoms with Gasteiger partial charge in [-0.1, -0.05) is 6.92 Å². The molecule has 1 heterocycles. The summed E-state index contributed by atoms with van der Waals surface area (Å²) in [6.07, 6.45) is 2.32. The lowest BCUT2D eigenvalue weighted by Crippen LogP contribution is -2.30. The zero-order valence-corrected chi connectivity index (χ0v) is 9.10. The largest absolute Gasteiger partial charge is 0.303 e. The molecule has 1 N–H and O–H groups in total. The summed E-state index contributed by atoms with van der Waals surface area (Å²) >= 11 is 0. The Hall–Kier alpha value is -0.130. The fourth-order valence-electron chi connectivity index (χ4n) is 1.64. The lowest BCUT2D eigenvalue weighted by Gasteiger charge is -2.12. The normalized spacial score (nSPS) is 25.2. The predicted molar refractivity (Wildman–Crippen MR) is 53.1 cm³/mol. The molecule has 1 unspecified atom stereocenters. The van der Waals surface area contributed by atoms with Crippen LogP contribution in [-0.2, 0) is 10.0 Å². The highest BCUT2D eigenvalue weighted by Crippen LogP contribution is 2.14. The van der Waals surface area contributed by atoms with Crippen molar-refractivity contribution in [3.05, 3.63) is 0 Å². The van der Waals surface area contributed by atoms with Crippen LogP contribution in [0.25, 0.3) is 0 Å². The highest BCUT2D eigenvalue weighted by molar-refractivity contribution is 7.88. The summed E-state index contributed by atoms with van der Waals surface area (Å²) in [5.74, 6) is 0.495. The second-order valence-electron chi connectivity index (χ2n) is 3.67. The van der Waals surface area contributed by atoms with E-state index < -0.39 is 10.0 Å². The molecule has 1 aliphatic heterocycles. The molecule has 0 aliphatic carbocycles. The first kappa shape index (κ1) is 10.9. The molecular formula is C8H18N2O2S. The van der Waals surface area contributed by atoms with Crippen LogP contribution in [0.1, 0.15) is 13.3 Å². The van der Waals surface area contributed by atoms with E-state index in [0.29, 0.717) is 12.5 Å². The van der Waals surface area contributed by atoms with E-state index >= 15 is 0 Å². The highest BCUT2D eigenvalue weighted by atomic mass is 32.2. The van der Waals surface area contributed by atoms with Crippen LogP contribution in [0.3, 0.4) is 0 Å². The van der Waals surface area contributed by atoms with Gasteiger partial charge < -0.3 is 4.90 Å². The van der Waals surface area contributed by atoms with Gasteiger partial charge in [0.15, 0.2) is 0 Å². The topological polar surface area (TPSA) is 49.4 Å². The maximum atomic E-state index is 10.8. The molecule has 1 atom stereocenters. The monoisotopic (exact) mass is 206 g/mol. The van der Waals surface area contributed by atoms with Gasteiger partial charge in [-0.25, -0.2) is 13.1 Å². The van der Waals surface area contributed by atoms with Crippen molar-refractivity contribution in [2.45, 2.75) is 13.3 Å². The van der Waals surface area contributed by atoms with Crippen LogP contribution < -0.4 is 4.72 Å². The summed E-state index contributed by atoms with van der Waals surface area (Å²) < 4.78 is 24.2. The van der Waals surface area contributed by atoms with Gasteiger partial charge >= 0.3 is 0 Å². The Balaban J connectivity index is 2.25. The molecule has 4 nitrogen and oxygen atoms in total. The molecule has 0 spiro atoms. The third-order valence-corrected chi connectivity index (χ3v) is 3.14. The molecule has 0 radical (unpaired) electrons. The minimum atomic E-state index is -3.00. The molecule has 0 aromatic carbocycles. The second-order valence-corrected chi connectivity index (χ2v) is 5.50. The third kappa shape index (κ3) is 4.06. The molecule has 0 amide bonds. The van der Waals surface area contributed by atoms with Crippen molar-refractivity contribution in [1.82, 2.24) is 9.62 Å². The van der Waals surface area contributed by atoms with Crippen LogP contribution in [0.2, 0.25) is 0 Å². The van der Waals surface area contributed by atoms with Crippen molar-refractivity contribution in [2.75, 3.05) is 32.4 Å². The van der Waals surface area contributed by atoms with Crippen molar-refractivity contribution < 1.29 is 8.42 Å². The molecule has 1 fully saturated rings. The van der Waals surface area contributed by atoms with E-state index in [0.717, 1.165) is 26.1 Å². The minimum absolute atomic E-state index is 0.495. The highest BCUT2D eigenvalue weighted by Gasteiger charge is 2.21. The summed E-state index contributed by atoms with van der Waals surface area (Å²) in [6.45, 7) is 5.92. The summed E-state index contributed by atoms with van der Waals surface area (Å²) in [7, 11) is -3.00. The zero-order valence-electron chi connectivity index (χ0n) is 8.28. The number of rotatable bonds is 4. The molecule has 0 aromatic rings. The first-order valence-electron chi connectivity index (χ1n) is 4.68. The van der Waals surface area contributed by atoms with Crippen LogP contribution in [0.15, 0.2) is 0 Å². The number of nitrogens with one attached hydrogen (secondary N) is 1. The fourth-order valence-corrected chi connectivity index (χ4v) is 2.17. The molecule has 5 heteroatoms. The number of sulfonamides is 1. The smallest absolute Gasteiger partial charge is 0.208 e. The molecular weight excluding hydrogens is 188 g/mol. The standard InChI is InChI=1S/C8H18N2O2S/c1-3-10-5-4-8(7-10)6-9-13(2,11)12/h8-9H,3-7H2,1-2H3. The molecule has 0 bridgehead atoms. The van der Waals surface area contributed by atoms with Gasteiger partial charge in [0, 0.05) is 13.1 Å². The molecule has 0 aromatic heterocycles. The van der Waals surface area contributed by atoms with Gasteiger partial charge in [0.1, 0.15) is 0 Å². The molecule has 78 valence electrons. The van der Waals surface area contributed by atoms with E-state index in [2.05, 4.69) is 16.5 Å². The number of nitrogens with zero attached hydrogens (tertiary/aromatic N) is 1. The van der Waals surface area contributed by atoms with Gasteiger partial charge in [0.2, 0.25) is 10.0 Å². The van der Waals surface area contributed by atoms with Gasteiger partial charge in [-0.2, -0.15) is 0 Å². The van der Waals surface area contributed by atoms with E-state index in [-0.39, 0.29) is 0 Å². The average Bonchev–Trinajstić information content (AvgIpc) is 2.47. The van der Waals surface area contributed by atoms with Crippen molar-refractivity contribution in [2.24, 2.45) is 5.92 Å². The van der Waals surface area contributed by atoms with Crippen molar-refractivity contribution in [3.63, 3.8) is 0 Å². The van der Waals surface area contributed by atoms with Gasteiger partial charge in [-0.3, -0.25) is 0 Å². The first-order chi connectivity index (χ1) is 6.01.